The average Bonchev–Trinajstić information content (AvgIpc) is 2.35. The van der Waals surface area contributed by atoms with Crippen molar-refractivity contribution < 1.29 is 9.50 Å². The van der Waals surface area contributed by atoms with Crippen LogP contribution >= 0.6 is 11.6 Å². The van der Waals surface area contributed by atoms with E-state index in [0.717, 1.165) is 18.4 Å². The predicted molar refractivity (Wildman–Crippen MR) is 78.1 cm³/mol. The zero-order valence-corrected chi connectivity index (χ0v) is 12.8. The van der Waals surface area contributed by atoms with Crippen molar-refractivity contribution >= 4 is 11.6 Å². The van der Waals surface area contributed by atoms with Crippen molar-refractivity contribution in [2.24, 2.45) is 0 Å². The topological polar surface area (TPSA) is 23.5 Å². The van der Waals surface area contributed by atoms with E-state index >= 15 is 0 Å². The smallest absolute Gasteiger partial charge is 0.141 e. The molecule has 0 saturated heterocycles. The number of hydrogen-bond acceptors (Lipinski definition) is 2. The molecule has 19 heavy (non-hydrogen) atoms. The van der Waals surface area contributed by atoms with Gasteiger partial charge in [-0.2, -0.15) is 0 Å². The summed E-state index contributed by atoms with van der Waals surface area (Å²) >= 11 is 5.77. The molecule has 0 aromatic heterocycles. The lowest BCUT2D eigenvalue weighted by molar-refractivity contribution is -0.0125. The lowest BCUT2D eigenvalue weighted by atomic mass is 9.82. The van der Waals surface area contributed by atoms with Gasteiger partial charge in [0.1, 0.15) is 5.82 Å². The summed E-state index contributed by atoms with van der Waals surface area (Å²) in [5.74, 6) is -0.426. The number of rotatable bonds is 6. The molecule has 2 nitrogen and oxygen atoms in total. The summed E-state index contributed by atoms with van der Waals surface area (Å²) < 4.78 is 13.1. The van der Waals surface area contributed by atoms with Gasteiger partial charge in [-0.15, -0.1) is 0 Å². The minimum absolute atomic E-state index is 0.105. The van der Waals surface area contributed by atoms with Crippen LogP contribution in [0.5, 0.6) is 0 Å². The third kappa shape index (κ3) is 3.47. The van der Waals surface area contributed by atoms with Gasteiger partial charge in [-0.3, -0.25) is 0 Å². The Morgan fingerprint density at radius 1 is 1.32 bits per heavy atom. The van der Waals surface area contributed by atoms with Crippen molar-refractivity contribution in [2.75, 3.05) is 14.1 Å². The highest BCUT2D eigenvalue weighted by Crippen LogP contribution is 2.28. The van der Waals surface area contributed by atoms with Crippen LogP contribution in [0.15, 0.2) is 18.2 Å². The first kappa shape index (κ1) is 16.4. The summed E-state index contributed by atoms with van der Waals surface area (Å²) in [5, 5.41) is 10.7. The predicted octanol–water partition coefficient (Wildman–Crippen LogP) is 3.50. The van der Waals surface area contributed by atoms with Gasteiger partial charge in [0.25, 0.3) is 0 Å². The zero-order valence-electron chi connectivity index (χ0n) is 12.1. The Bertz CT molecular complexity index is 419. The van der Waals surface area contributed by atoms with Gasteiger partial charge in [-0.1, -0.05) is 31.5 Å². The highest BCUT2D eigenvalue weighted by Gasteiger charge is 2.36. The van der Waals surface area contributed by atoms with Crippen molar-refractivity contribution in [3.63, 3.8) is 0 Å². The monoisotopic (exact) mass is 287 g/mol. The van der Waals surface area contributed by atoms with Crippen LogP contribution in [-0.2, 0) is 6.42 Å². The number of hydrogen-bond donors (Lipinski definition) is 1. The fraction of sp³-hybridized carbons (Fsp3) is 0.600. The summed E-state index contributed by atoms with van der Waals surface area (Å²) in [6.07, 6.45) is 1.66. The third-order valence-corrected chi connectivity index (χ3v) is 4.44. The van der Waals surface area contributed by atoms with E-state index in [1.165, 1.54) is 6.07 Å². The van der Waals surface area contributed by atoms with Gasteiger partial charge in [-0.25, -0.2) is 4.39 Å². The maximum absolute atomic E-state index is 13.1. The third-order valence-electron chi connectivity index (χ3n) is 4.15. The molecular weight excluding hydrogens is 265 g/mol. The number of halogens is 2. The maximum Gasteiger partial charge on any atom is 0.141 e. The highest BCUT2D eigenvalue weighted by atomic mass is 35.5. The molecule has 1 N–H and O–H groups in total. The molecular formula is C15H23ClFNO. The van der Waals surface area contributed by atoms with Crippen LogP contribution in [0.1, 0.15) is 32.3 Å². The van der Waals surface area contributed by atoms with Crippen LogP contribution in [0, 0.1) is 5.82 Å². The van der Waals surface area contributed by atoms with E-state index in [2.05, 4.69) is 18.7 Å². The molecule has 0 heterocycles. The lowest BCUT2D eigenvalue weighted by Gasteiger charge is -2.42. The Kier molecular flexibility index (Phi) is 5.78. The summed E-state index contributed by atoms with van der Waals surface area (Å²) in [6.45, 7) is 4.15. The Labute approximate surface area is 120 Å². The largest absolute Gasteiger partial charge is 0.391 e. The van der Waals surface area contributed by atoms with E-state index in [1.807, 2.05) is 14.1 Å². The fourth-order valence-electron chi connectivity index (χ4n) is 2.73. The fourth-order valence-corrected chi connectivity index (χ4v) is 2.93. The van der Waals surface area contributed by atoms with Crippen molar-refractivity contribution in [3.8, 4) is 0 Å². The molecule has 1 unspecified atom stereocenters. The quantitative estimate of drug-likeness (QED) is 0.865. The van der Waals surface area contributed by atoms with Crippen LogP contribution < -0.4 is 0 Å². The second kappa shape index (κ2) is 6.69. The normalized spacial score (nSPS) is 13.9. The van der Waals surface area contributed by atoms with E-state index in [9.17, 15) is 9.50 Å². The average molecular weight is 288 g/mol. The summed E-state index contributed by atoms with van der Waals surface area (Å²) in [6, 6.07) is 4.61. The van der Waals surface area contributed by atoms with E-state index in [4.69, 9.17) is 11.6 Å². The molecule has 0 aliphatic heterocycles. The van der Waals surface area contributed by atoms with Crippen molar-refractivity contribution in [1.29, 1.82) is 0 Å². The molecule has 0 saturated carbocycles. The molecule has 0 bridgehead atoms. The van der Waals surface area contributed by atoms with E-state index in [0.29, 0.717) is 6.42 Å². The van der Waals surface area contributed by atoms with Crippen LogP contribution in [0.4, 0.5) is 4.39 Å². The van der Waals surface area contributed by atoms with E-state index in [1.54, 1.807) is 12.1 Å². The van der Waals surface area contributed by atoms with Gasteiger partial charge in [0.05, 0.1) is 11.1 Å². The minimum Gasteiger partial charge on any atom is -0.391 e. The minimum atomic E-state index is -0.515. The van der Waals surface area contributed by atoms with Crippen molar-refractivity contribution in [1.82, 2.24) is 4.90 Å². The molecule has 1 aromatic rings. The molecule has 4 heteroatoms. The number of benzene rings is 1. The van der Waals surface area contributed by atoms with Gasteiger partial charge >= 0.3 is 0 Å². The molecule has 1 aromatic carbocycles. The second-order valence-corrected chi connectivity index (χ2v) is 5.58. The van der Waals surface area contributed by atoms with Gasteiger partial charge in [-0.05, 0) is 44.6 Å². The Balaban J connectivity index is 2.93. The molecule has 1 rings (SSSR count). The molecule has 0 aliphatic rings. The zero-order chi connectivity index (χ0) is 14.6. The standard InChI is InChI=1S/C15H23ClFNO/c1-5-15(6-2,18(3)4)14(19)10-11-7-8-13(17)12(16)9-11/h7-9,14,19H,5-6,10H2,1-4H3. The molecule has 0 spiro atoms. The lowest BCUT2D eigenvalue weighted by Crippen LogP contribution is -2.53. The van der Waals surface area contributed by atoms with Crippen LogP contribution in [-0.4, -0.2) is 35.7 Å². The molecule has 0 radical (unpaired) electrons. The summed E-state index contributed by atoms with van der Waals surface area (Å²) in [5.41, 5.74) is 0.591. The van der Waals surface area contributed by atoms with Gasteiger partial charge in [0, 0.05) is 12.0 Å². The number of nitrogens with zero attached hydrogens (tertiary/aromatic N) is 1. The Morgan fingerprint density at radius 3 is 2.32 bits per heavy atom. The van der Waals surface area contributed by atoms with Crippen molar-refractivity contribution in [2.45, 2.75) is 44.8 Å². The molecule has 1 atom stereocenters. The van der Waals surface area contributed by atoms with E-state index in [-0.39, 0.29) is 10.6 Å². The van der Waals surface area contributed by atoms with E-state index < -0.39 is 11.9 Å². The van der Waals surface area contributed by atoms with Gasteiger partial charge in [0.15, 0.2) is 0 Å². The second-order valence-electron chi connectivity index (χ2n) is 5.17. The SMILES string of the molecule is CCC(CC)(C(O)Cc1ccc(F)c(Cl)c1)N(C)C. The molecule has 108 valence electrons. The first-order valence-corrected chi connectivity index (χ1v) is 7.04. The molecule has 0 aliphatic carbocycles. The number of aliphatic hydroxyl groups excluding tert-OH is 1. The highest BCUT2D eigenvalue weighted by molar-refractivity contribution is 6.30. The maximum atomic E-state index is 13.1. The van der Waals surface area contributed by atoms with Crippen LogP contribution in [0.25, 0.3) is 0 Å². The summed E-state index contributed by atoms with van der Waals surface area (Å²) in [7, 11) is 3.96. The first-order valence-electron chi connectivity index (χ1n) is 6.66. The van der Waals surface area contributed by atoms with Crippen LogP contribution in [0.3, 0.4) is 0 Å². The summed E-state index contributed by atoms with van der Waals surface area (Å²) in [4.78, 5) is 2.07. The van der Waals surface area contributed by atoms with Gasteiger partial charge < -0.3 is 10.0 Å². The Morgan fingerprint density at radius 2 is 1.89 bits per heavy atom. The van der Waals surface area contributed by atoms with Crippen LogP contribution in [0.2, 0.25) is 5.02 Å². The Hall–Kier alpha value is -0.640. The van der Waals surface area contributed by atoms with Crippen molar-refractivity contribution in [3.05, 3.63) is 34.6 Å². The van der Waals surface area contributed by atoms with Gasteiger partial charge in [0.2, 0.25) is 0 Å². The number of likely N-dealkylation sites (N-methyl/N-ethyl adjacent to an activating group) is 1. The molecule has 0 amide bonds. The first-order chi connectivity index (χ1) is 8.87. The molecule has 0 fully saturated rings. The number of aliphatic hydroxyl groups is 1.